The van der Waals surface area contributed by atoms with Gasteiger partial charge in [0.15, 0.2) is 6.61 Å². The molecular weight excluding hydrogens is 391 g/mol. The standard InChI is InChI=1S/C19H26F3N3O4/c1-13-5-4-8-24(10-13)18(2,3)11-23-17(26)15-9-14(29-12-19(20,21)22)6-7-16(15)25(27)28/h6-7,9,13H,4-5,8,10-12H2,1-3H3,(H,23,26). The van der Waals surface area contributed by atoms with Gasteiger partial charge in [0.2, 0.25) is 0 Å². The minimum absolute atomic E-state index is 0.239. The average molecular weight is 417 g/mol. The number of benzene rings is 1. The van der Waals surface area contributed by atoms with Crippen LogP contribution >= 0.6 is 0 Å². The third kappa shape index (κ3) is 6.59. The summed E-state index contributed by atoms with van der Waals surface area (Å²) in [5.74, 6) is -0.447. The number of halogens is 3. The smallest absolute Gasteiger partial charge is 0.422 e. The summed E-state index contributed by atoms with van der Waals surface area (Å²) in [4.78, 5) is 25.4. The Bertz CT molecular complexity index is 753. The van der Waals surface area contributed by atoms with Crippen LogP contribution in [0.2, 0.25) is 0 Å². The normalized spacial score (nSPS) is 18.3. The predicted molar refractivity (Wildman–Crippen MR) is 101 cm³/mol. The van der Waals surface area contributed by atoms with E-state index in [1.165, 1.54) is 0 Å². The Labute approximate surface area is 167 Å². The van der Waals surface area contributed by atoms with E-state index in [0.717, 1.165) is 44.1 Å². The van der Waals surface area contributed by atoms with E-state index in [2.05, 4.69) is 21.9 Å². The molecular formula is C19H26F3N3O4. The van der Waals surface area contributed by atoms with Crippen molar-refractivity contribution >= 4 is 11.6 Å². The molecule has 1 aromatic rings. The molecule has 29 heavy (non-hydrogen) atoms. The van der Waals surface area contributed by atoms with Crippen LogP contribution in [0.1, 0.15) is 44.0 Å². The quantitative estimate of drug-likeness (QED) is 0.539. The van der Waals surface area contributed by atoms with Gasteiger partial charge < -0.3 is 10.1 Å². The lowest BCUT2D eigenvalue weighted by molar-refractivity contribution is -0.385. The lowest BCUT2D eigenvalue weighted by Crippen LogP contribution is -2.54. The molecule has 0 aromatic heterocycles. The topological polar surface area (TPSA) is 84.7 Å². The number of nitro benzene ring substituents is 1. The van der Waals surface area contributed by atoms with E-state index in [0.29, 0.717) is 5.92 Å². The monoisotopic (exact) mass is 417 g/mol. The molecule has 2 rings (SSSR count). The van der Waals surface area contributed by atoms with Crippen LogP contribution in [0.3, 0.4) is 0 Å². The van der Waals surface area contributed by atoms with Crippen LogP contribution in [0.5, 0.6) is 5.75 Å². The summed E-state index contributed by atoms with van der Waals surface area (Å²) in [6, 6.07) is 2.98. The largest absolute Gasteiger partial charge is 0.484 e. The number of ether oxygens (including phenoxy) is 1. The molecule has 162 valence electrons. The molecule has 1 fully saturated rings. The number of alkyl halides is 3. The molecule has 1 saturated heterocycles. The Kier molecular flexibility index (Phi) is 7.10. The van der Waals surface area contributed by atoms with Crippen molar-refractivity contribution in [1.29, 1.82) is 0 Å². The number of rotatable bonds is 7. The zero-order valence-corrected chi connectivity index (χ0v) is 16.7. The molecule has 1 amide bonds. The molecule has 0 bridgehead atoms. The maximum atomic E-state index is 12.6. The molecule has 0 spiro atoms. The first kappa shape index (κ1) is 22.9. The number of piperidine rings is 1. The highest BCUT2D eigenvalue weighted by Crippen LogP contribution is 2.27. The highest BCUT2D eigenvalue weighted by atomic mass is 19.4. The van der Waals surface area contributed by atoms with Crippen LogP contribution in [0.15, 0.2) is 18.2 Å². The molecule has 1 unspecified atom stereocenters. The molecule has 0 radical (unpaired) electrons. The van der Waals surface area contributed by atoms with Crippen molar-refractivity contribution in [3.05, 3.63) is 33.9 Å². The first-order valence-corrected chi connectivity index (χ1v) is 9.40. The van der Waals surface area contributed by atoms with Gasteiger partial charge in [0.05, 0.1) is 4.92 Å². The fraction of sp³-hybridized carbons (Fsp3) is 0.632. The molecule has 0 saturated carbocycles. The summed E-state index contributed by atoms with van der Waals surface area (Å²) in [5.41, 5.74) is -1.20. The Morgan fingerprint density at radius 2 is 2.07 bits per heavy atom. The summed E-state index contributed by atoms with van der Waals surface area (Å²) in [7, 11) is 0. The maximum Gasteiger partial charge on any atom is 0.422 e. The second kappa shape index (κ2) is 8.98. The summed E-state index contributed by atoms with van der Waals surface area (Å²) < 4.78 is 41.7. The van der Waals surface area contributed by atoms with Crippen molar-refractivity contribution in [1.82, 2.24) is 10.2 Å². The predicted octanol–water partition coefficient (Wildman–Crippen LogP) is 3.78. The SMILES string of the molecule is CC1CCCN(C(C)(C)CNC(=O)c2cc(OCC(F)(F)F)ccc2[N+](=O)[O-])C1. The first-order chi connectivity index (χ1) is 13.4. The Balaban J connectivity index is 2.12. The van der Waals surface area contributed by atoms with Gasteiger partial charge in [-0.3, -0.25) is 19.8 Å². The van der Waals surface area contributed by atoms with Gasteiger partial charge in [-0.15, -0.1) is 0 Å². The molecule has 1 N–H and O–H groups in total. The van der Waals surface area contributed by atoms with Gasteiger partial charge in [-0.1, -0.05) is 6.92 Å². The zero-order valence-electron chi connectivity index (χ0n) is 16.7. The van der Waals surface area contributed by atoms with Crippen molar-refractivity contribution in [2.75, 3.05) is 26.2 Å². The van der Waals surface area contributed by atoms with Gasteiger partial charge in [0.25, 0.3) is 11.6 Å². The van der Waals surface area contributed by atoms with E-state index in [4.69, 9.17) is 0 Å². The van der Waals surface area contributed by atoms with Gasteiger partial charge in [-0.25, -0.2) is 0 Å². The first-order valence-electron chi connectivity index (χ1n) is 9.40. The number of hydrogen-bond acceptors (Lipinski definition) is 5. The third-order valence-corrected chi connectivity index (χ3v) is 5.01. The van der Waals surface area contributed by atoms with Gasteiger partial charge in [-0.2, -0.15) is 13.2 Å². The number of amides is 1. The summed E-state index contributed by atoms with van der Waals surface area (Å²) >= 11 is 0. The van der Waals surface area contributed by atoms with Gasteiger partial charge in [-0.05, 0) is 51.3 Å². The van der Waals surface area contributed by atoms with Gasteiger partial charge >= 0.3 is 6.18 Å². The summed E-state index contributed by atoms with van der Waals surface area (Å²) in [6.07, 6.45) is -2.35. The Morgan fingerprint density at radius 3 is 2.66 bits per heavy atom. The fourth-order valence-corrected chi connectivity index (χ4v) is 3.35. The van der Waals surface area contributed by atoms with Crippen molar-refractivity contribution in [2.24, 2.45) is 5.92 Å². The van der Waals surface area contributed by atoms with Crippen molar-refractivity contribution in [3.63, 3.8) is 0 Å². The number of hydrogen-bond donors (Lipinski definition) is 1. The van der Waals surface area contributed by atoms with Crippen LogP contribution in [0.4, 0.5) is 18.9 Å². The molecule has 1 atom stereocenters. The molecule has 1 aromatic carbocycles. The molecule has 1 aliphatic rings. The number of nitrogens with zero attached hydrogens (tertiary/aromatic N) is 2. The van der Waals surface area contributed by atoms with E-state index in [-0.39, 0.29) is 23.4 Å². The van der Waals surface area contributed by atoms with Crippen molar-refractivity contribution in [2.45, 2.75) is 45.3 Å². The lowest BCUT2D eigenvalue weighted by Gasteiger charge is -2.43. The van der Waals surface area contributed by atoms with E-state index in [9.17, 15) is 28.1 Å². The highest BCUT2D eigenvalue weighted by Gasteiger charge is 2.32. The second-order valence-corrected chi connectivity index (χ2v) is 8.03. The van der Waals surface area contributed by atoms with Crippen LogP contribution in [0, 0.1) is 16.0 Å². The second-order valence-electron chi connectivity index (χ2n) is 8.03. The highest BCUT2D eigenvalue weighted by molar-refractivity contribution is 5.98. The summed E-state index contributed by atoms with van der Waals surface area (Å²) in [5, 5.41) is 13.9. The van der Waals surface area contributed by atoms with Gasteiger partial charge in [0, 0.05) is 24.7 Å². The average Bonchev–Trinajstić information content (AvgIpc) is 2.63. The zero-order chi connectivity index (χ0) is 21.8. The fourth-order valence-electron chi connectivity index (χ4n) is 3.35. The van der Waals surface area contributed by atoms with Crippen LogP contribution < -0.4 is 10.1 Å². The number of carbonyl (C=O) groups is 1. The van der Waals surface area contributed by atoms with E-state index >= 15 is 0 Å². The molecule has 0 aliphatic carbocycles. The third-order valence-electron chi connectivity index (χ3n) is 5.01. The number of carbonyl (C=O) groups excluding carboxylic acids is 1. The van der Waals surface area contributed by atoms with Crippen LogP contribution in [-0.4, -0.2) is 53.7 Å². The molecule has 10 heteroatoms. The molecule has 7 nitrogen and oxygen atoms in total. The summed E-state index contributed by atoms with van der Waals surface area (Å²) in [6.45, 7) is 6.59. The van der Waals surface area contributed by atoms with Crippen molar-refractivity contribution < 1.29 is 27.6 Å². The van der Waals surface area contributed by atoms with E-state index in [1.807, 2.05) is 13.8 Å². The maximum absolute atomic E-state index is 12.6. The van der Waals surface area contributed by atoms with Gasteiger partial charge in [0.1, 0.15) is 11.3 Å². The lowest BCUT2D eigenvalue weighted by atomic mass is 9.93. The van der Waals surface area contributed by atoms with Crippen molar-refractivity contribution in [3.8, 4) is 5.75 Å². The van der Waals surface area contributed by atoms with E-state index < -0.39 is 29.3 Å². The number of likely N-dealkylation sites (tertiary alicyclic amines) is 1. The van der Waals surface area contributed by atoms with E-state index in [1.54, 1.807) is 0 Å². The Hall–Kier alpha value is -2.36. The number of nitro groups is 1. The number of nitrogens with one attached hydrogen (secondary N) is 1. The molecule has 1 heterocycles. The minimum atomic E-state index is -4.56. The van der Waals surface area contributed by atoms with Crippen LogP contribution in [-0.2, 0) is 0 Å². The molecule has 1 aliphatic heterocycles. The minimum Gasteiger partial charge on any atom is -0.484 e. The Morgan fingerprint density at radius 1 is 1.38 bits per heavy atom. The van der Waals surface area contributed by atoms with Crippen LogP contribution in [0.25, 0.3) is 0 Å².